The van der Waals surface area contributed by atoms with Gasteiger partial charge in [0.25, 0.3) is 0 Å². The van der Waals surface area contributed by atoms with Gasteiger partial charge in [0.05, 0.1) is 0 Å². The van der Waals surface area contributed by atoms with E-state index in [2.05, 4.69) is 44.5 Å². The van der Waals surface area contributed by atoms with Crippen LogP contribution in [-0.2, 0) is 0 Å². The Morgan fingerprint density at radius 1 is 1.50 bits per heavy atom. The third-order valence-electron chi connectivity index (χ3n) is 3.84. The highest BCUT2D eigenvalue weighted by atomic mass is 15.2. The van der Waals surface area contributed by atoms with Crippen LogP contribution in [0.5, 0.6) is 0 Å². The molecule has 94 valence electrons. The number of hydrogen-bond acceptors (Lipinski definition) is 2. The van der Waals surface area contributed by atoms with E-state index in [1.807, 2.05) is 0 Å². The maximum atomic E-state index is 4.05. The largest absolute Gasteiger partial charge is 0.311 e. The van der Waals surface area contributed by atoms with Crippen LogP contribution in [0.2, 0.25) is 0 Å². The molecule has 0 aromatic carbocycles. The van der Waals surface area contributed by atoms with Crippen molar-refractivity contribution >= 4 is 0 Å². The molecule has 0 radical (unpaired) electrons. The van der Waals surface area contributed by atoms with Gasteiger partial charge in [0, 0.05) is 31.7 Å². The molecule has 2 nitrogen and oxygen atoms in total. The lowest BCUT2D eigenvalue weighted by atomic mass is 9.94. The van der Waals surface area contributed by atoms with E-state index in [1.54, 1.807) is 0 Å². The van der Waals surface area contributed by atoms with Gasteiger partial charge in [-0.15, -0.1) is 0 Å². The molecule has 16 heavy (non-hydrogen) atoms. The van der Waals surface area contributed by atoms with Crippen LogP contribution in [0.25, 0.3) is 0 Å². The molecule has 0 aromatic heterocycles. The van der Waals surface area contributed by atoms with E-state index >= 15 is 0 Å². The third kappa shape index (κ3) is 3.60. The lowest BCUT2D eigenvalue weighted by Gasteiger charge is -2.42. The first-order valence-corrected chi connectivity index (χ1v) is 6.70. The third-order valence-corrected chi connectivity index (χ3v) is 3.84. The van der Waals surface area contributed by atoms with E-state index in [4.69, 9.17) is 0 Å². The summed E-state index contributed by atoms with van der Waals surface area (Å²) in [7, 11) is 0. The Balaban J connectivity index is 2.57. The predicted molar refractivity (Wildman–Crippen MR) is 71.7 cm³/mol. The first kappa shape index (κ1) is 13.7. The monoisotopic (exact) mass is 224 g/mol. The Bertz CT molecular complexity index is 225. The predicted octanol–water partition coefficient (Wildman–Crippen LogP) is 2.66. The zero-order chi connectivity index (χ0) is 12.1. The minimum Gasteiger partial charge on any atom is -0.311 e. The maximum Gasteiger partial charge on any atom is 0.0222 e. The second kappa shape index (κ2) is 6.41. The Morgan fingerprint density at radius 2 is 2.19 bits per heavy atom. The van der Waals surface area contributed by atoms with Crippen LogP contribution in [0, 0.1) is 5.92 Å². The number of nitrogens with zero attached hydrogens (tertiary/aromatic N) is 1. The van der Waals surface area contributed by atoms with Crippen LogP contribution in [0.3, 0.4) is 0 Å². The summed E-state index contributed by atoms with van der Waals surface area (Å²) in [6, 6.07) is 1.35. The molecule has 1 aliphatic rings. The number of piperazine rings is 1. The van der Waals surface area contributed by atoms with Crippen molar-refractivity contribution in [1.29, 1.82) is 0 Å². The number of nitrogens with one attached hydrogen (secondary N) is 1. The van der Waals surface area contributed by atoms with Crippen molar-refractivity contribution in [2.45, 2.75) is 52.6 Å². The van der Waals surface area contributed by atoms with Gasteiger partial charge in [0.2, 0.25) is 0 Å². The molecule has 1 fully saturated rings. The first-order chi connectivity index (χ1) is 7.58. The van der Waals surface area contributed by atoms with E-state index in [0.717, 1.165) is 19.0 Å². The van der Waals surface area contributed by atoms with Crippen molar-refractivity contribution in [1.82, 2.24) is 10.2 Å². The van der Waals surface area contributed by atoms with Crippen molar-refractivity contribution in [3.8, 4) is 0 Å². The fraction of sp³-hybridized carbons (Fsp3) is 0.857. The van der Waals surface area contributed by atoms with Gasteiger partial charge in [-0.25, -0.2) is 0 Å². The molecule has 3 atom stereocenters. The smallest absolute Gasteiger partial charge is 0.0222 e. The Hall–Kier alpha value is -0.340. The second-order valence-corrected chi connectivity index (χ2v) is 5.35. The van der Waals surface area contributed by atoms with Crippen molar-refractivity contribution < 1.29 is 0 Å². The average molecular weight is 224 g/mol. The second-order valence-electron chi connectivity index (χ2n) is 5.35. The molecule has 1 aliphatic heterocycles. The van der Waals surface area contributed by atoms with Crippen molar-refractivity contribution in [3.05, 3.63) is 12.2 Å². The van der Waals surface area contributed by atoms with Gasteiger partial charge in [-0.2, -0.15) is 0 Å². The van der Waals surface area contributed by atoms with Crippen LogP contribution in [0.1, 0.15) is 40.5 Å². The summed E-state index contributed by atoms with van der Waals surface area (Å²) in [5.74, 6) is 0.769. The van der Waals surface area contributed by atoms with Crippen LogP contribution in [-0.4, -0.2) is 36.6 Å². The highest BCUT2D eigenvalue weighted by Gasteiger charge is 2.28. The Morgan fingerprint density at radius 3 is 2.69 bits per heavy atom. The van der Waals surface area contributed by atoms with Gasteiger partial charge in [-0.1, -0.05) is 39.3 Å². The molecule has 0 spiro atoms. The Kier molecular flexibility index (Phi) is 5.50. The van der Waals surface area contributed by atoms with Crippen LogP contribution in [0.4, 0.5) is 0 Å². The summed E-state index contributed by atoms with van der Waals surface area (Å²) in [5, 5.41) is 3.70. The van der Waals surface area contributed by atoms with E-state index in [-0.39, 0.29) is 0 Å². The van der Waals surface area contributed by atoms with Crippen molar-refractivity contribution in [2.24, 2.45) is 5.92 Å². The first-order valence-electron chi connectivity index (χ1n) is 6.70. The lowest BCUT2D eigenvalue weighted by molar-refractivity contribution is 0.116. The molecule has 0 bridgehead atoms. The van der Waals surface area contributed by atoms with Gasteiger partial charge < -0.3 is 5.32 Å². The summed E-state index contributed by atoms with van der Waals surface area (Å²) < 4.78 is 0. The van der Waals surface area contributed by atoms with Crippen LogP contribution >= 0.6 is 0 Å². The maximum absolute atomic E-state index is 4.05. The highest BCUT2D eigenvalue weighted by Crippen LogP contribution is 2.17. The summed E-state index contributed by atoms with van der Waals surface area (Å²) in [4.78, 5) is 2.61. The van der Waals surface area contributed by atoms with E-state index < -0.39 is 0 Å². The number of hydrogen-bond donors (Lipinski definition) is 1. The van der Waals surface area contributed by atoms with Crippen molar-refractivity contribution in [3.63, 3.8) is 0 Å². The summed E-state index contributed by atoms with van der Waals surface area (Å²) in [6.45, 7) is 16.5. The van der Waals surface area contributed by atoms with Crippen LogP contribution < -0.4 is 5.32 Å². The summed E-state index contributed by atoms with van der Waals surface area (Å²) in [6.07, 6.45) is 2.49. The minimum absolute atomic E-state index is 0.659. The van der Waals surface area contributed by atoms with Crippen molar-refractivity contribution in [2.75, 3.05) is 19.6 Å². The normalized spacial score (nSPS) is 29.0. The van der Waals surface area contributed by atoms with Gasteiger partial charge in [0.15, 0.2) is 0 Å². The zero-order valence-electron chi connectivity index (χ0n) is 11.4. The molecular weight excluding hydrogens is 196 g/mol. The van der Waals surface area contributed by atoms with E-state index in [1.165, 1.54) is 25.0 Å². The minimum atomic E-state index is 0.659. The molecule has 0 amide bonds. The molecule has 0 aromatic rings. The van der Waals surface area contributed by atoms with Gasteiger partial charge >= 0.3 is 0 Å². The fourth-order valence-electron chi connectivity index (χ4n) is 2.49. The molecular formula is C14H28N2. The Labute approximate surface area is 101 Å². The topological polar surface area (TPSA) is 15.3 Å². The lowest BCUT2D eigenvalue weighted by Crippen LogP contribution is -2.58. The molecule has 1 rings (SSSR count). The molecule has 0 saturated carbocycles. The fourth-order valence-corrected chi connectivity index (χ4v) is 2.49. The SMILES string of the molecule is C=C(C)CN1CC(C(C)CC)NCC1CC. The zero-order valence-corrected chi connectivity index (χ0v) is 11.4. The number of rotatable bonds is 5. The molecule has 2 heteroatoms. The quantitative estimate of drug-likeness (QED) is 0.722. The highest BCUT2D eigenvalue weighted by molar-refractivity contribution is 4.97. The van der Waals surface area contributed by atoms with Gasteiger partial charge in [-0.05, 0) is 19.3 Å². The summed E-state index contributed by atoms with van der Waals surface area (Å²) in [5.41, 5.74) is 1.28. The standard InChI is InChI=1S/C14H28N2/c1-6-12(5)14-10-16(9-11(3)4)13(7-2)8-15-14/h12-15H,3,6-10H2,1-2,4-5H3. The molecule has 0 aliphatic carbocycles. The van der Waals surface area contributed by atoms with E-state index in [9.17, 15) is 0 Å². The van der Waals surface area contributed by atoms with Crippen LogP contribution in [0.15, 0.2) is 12.2 Å². The molecule has 1 N–H and O–H groups in total. The molecule has 3 unspecified atom stereocenters. The van der Waals surface area contributed by atoms with Gasteiger partial charge in [-0.3, -0.25) is 4.90 Å². The van der Waals surface area contributed by atoms with E-state index in [0.29, 0.717) is 12.1 Å². The average Bonchev–Trinajstić information content (AvgIpc) is 2.27. The molecule has 1 heterocycles. The van der Waals surface area contributed by atoms with Gasteiger partial charge in [0.1, 0.15) is 0 Å². The molecule has 1 saturated heterocycles. The summed E-state index contributed by atoms with van der Waals surface area (Å²) >= 11 is 0.